The van der Waals surface area contributed by atoms with Crippen LogP contribution in [-0.4, -0.2) is 18.7 Å². The predicted molar refractivity (Wildman–Crippen MR) is 85.4 cm³/mol. The van der Waals surface area contributed by atoms with E-state index in [4.69, 9.17) is 16.3 Å². The SMILES string of the molecule is Cc1cc(Cl)ccc1C1OCCCC1CNC(C)(C)C. The highest BCUT2D eigenvalue weighted by molar-refractivity contribution is 6.30. The molecular formula is C17H26ClNO. The van der Waals surface area contributed by atoms with Crippen LogP contribution in [-0.2, 0) is 4.74 Å². The Hall–Kier alpha value is -0.570. The zero-order chi connectivity index (χ0) is 14.8. The minimum absolute atomic E-state index is 0.150. The van der Waals surface area contributed by atoms with Crippen LogP contribution < -0.4 is 5.32 Å². The van der Waals surface area contributed by atoms with Crippen LogP contribution in [0.15, 0.2) is 18.2 Å². The molecule has 1 N–H and O–H groups in total. The van der Waals surface area contributed by atoms with E-state index in [2.05, 4.69) is 39.1 Å². The standard InChI is InChI=1S/C17H26ClNO/c1-12-10-14(18)7-8-15(12)16-13(6-5-9-20-16)11-19-17(2,3)4/h7-8,10,13,16,19H,5-6,9,11H2,1-4H3. The van der Waals surface area contributed by atoms with E-state index in [1.807, 2.05) is 12.1 Å². The molecular weight excluding hydrogens is 270 g/mol. The number of halogens is 1. The lowest BCUT2D eigenvalue weighted by molar-refractivity contribution is -0.0296. The van der Waals surface area contributed by atoms with Gasteiger partial charge in [0.25, 0.3) is 0 Å². The number of benzene rings is 1. The van der Waals surface area contributed by atoms with Crippen molar-refractivity contribution in [2.24, 2.45) is 5.92 Å². The highest BCUT2D eigenvalue weighted by atomic mass is 35.5. The average molecular weight is 296 g/mol. The number of aryl methyl sites for hydroxylation is 1. The number of ether oxygens (including phenoxy) is 1. The lowest BCUT2D eigenvalue weighted by atomic mass is 9.87. The van der Waals surface area contributed by atoms with Crippen LogP contribution in [0.3, 0.4) is 0 Å². The van der Waals surface area contributed by atoms with E-state index in [0.29, 0.717) is 5.92 Å². The lowest BCUT2D eigenvalue weighted by Gasteiger charge is -2.35. The first-order valence-electron chi connectivity index (χ1n) is 7.49. The summed E-state index contributed by atoms with van der Waals surface area (Å²) in [6.45, 7) is 10.6. The van der Waals surface area contributed by atoms with E-state index in [1.54, 1.807) is 0 Å². The smallest absolute Gasteiger partial charge is 0.0867 e. The van der Waals surface area contributed by atoms with Gasteiger partial charge in [0.05, 0.1) is 6.10 Å². The van der Waals surface area contributed by atoms with Crippen molar-refractivity contribution in [3.63, 3.8) is 0 Å². The summed E-state index contributed by atoms with van der Waals surface area (Å²) in [6.07, 6.45) is 2.56. The molecule has 0 bridgehead atoms. The molecule has 1 aromatic carbocycles. The zero-order valence-electron chi connectivity index (χ0n) is 13.0. The van der Waals surface area contributed by atoms with E-state index in [0.717, 1.165) is 24.6 Å². The molecule has 1 aliphatic heterocycles. The van der Waals surface area contributed by atoms with Crippen molar-refractivity contribution < 1.29 is 4.74 Å². The second-order valence-corrected chi connectivity index (χ2v) is 7.26. The molecule has 1 fully saturated rings. The molecule has 1 heterocycles. The van der Waals surface area contributed by atoms with Crippen molar-refractivity contribution >= 4 is 11.6 Å². The molecule has 0 aliphatic carbocycles. The molecule has 2 nitrogen and oxygen atoms in total. The van der Waals surface area contributed by atoms with E-state index in [9.17, 15) is 0 Å². The fourth-order valence-corrected chi connectivity index (χ4v) is 3.02. The maximum absolute atomic E-state index is 6.08. The van der Waals surface area contributed by atoms with Gasteiger partial charge >= 0.3 is 0 Å². The average Bonchev–Trinajstić information content (AvgIpc) is 2.36. The molecule has 20 heavy (non-hydrogen) atoms. The molecule has 2 rings (SSSR count). The van der Waals surface area contributed by atoms with Crippen molar-refractivity contribution in [3.05, 3.63) is 34.3 Å². The number of rotatable bonds is 3. The molecule has 0 radical (unpaired) electrons. The van der Waals surface area contributed by atoms with Gasteiger partial charge in [-0.25, -0.2) is 0 Å². The van der Waals surface area contributed by atoms with Crippen molar-refractivity contribution in [2.45, 2.75) is 52.2 Å². The minimum Gasteiger partial charge on any atom is -0.373 e. The molecule has 2 unspecified atom stereocenters. The van der Waals surface area contributed by atoms with Gasteiger partial charge in [0.15, 0.2) is 0 Å². The van der Waals surface area contributed by atoms with E-state index >= 15 is 0 Å². The minimum atomic E-state index is 0.150. The molecule has 1 aromatic rings. The Morgan fingerprint density at radius 1 is 1.35 bits per heavy atom. The van der Waals surface area contributed by atoms with Crippen molar-refractivity contribution in [1.29, 1.82) is 0 Å². The Bertz CT molecular complexity index is 453. The molecule has 0 amide bonds. The van der Waals surface area contributed by atoms with E-state index < -0.39 is 0 Å². The maximum atomic E-state index is 6.08. The van der Waals surface area contributed by atoms with Gasteiger partial charge in [-0.1, -0.05) is 17.7 Å². The third-order valence-electron chi connectivity index (χ3n) is 3.88. The van der Waals surface area contributed by atoms with Gasteiger partial charge in [0.2, 0.25) is 0 Å². The van der Waals surface area contributed by atoms with Gasteiger partial charge in [0, 0.05) is 29.6 Å². The van der Waals surface area contributed by atoms with Crippen molar-refractivity contribution in [1.82, 2.24) is 5.32 Å². The third-order valence-corrected chi connectivity index (χ3v) is 4.11. The number of nitrogens with one attached hydrogen (secondary N) is 1. The lowest BCUT2D eigenvalue weighted by Crippen LogP contribution is -2.41. The zero-order valence-corrected chi connectivity index (χ0v) is 13.8. The van der Waals surface area contributed by atoms with E-state index in [-0.39, 0.29) is 11.6 Å². The normalized spacial score (nSPS) is 23.9. The molecule has 3 heteroatoms. The predicted octanol–water partition coefficient (Wildman–Crippen LogP) is 4.50. The first-order chi connectivity index (χ1) is 9.37. The molecule has 1 aliphatic rings. The summed E-state index contributed by atoms with van der Waals surface area (Å²) >= 11 is 6.06. The second-order valence-electron chi connectivity index (χ2n) is 6.83. The largest absolute Gasteiger partial charge is 0.373 e. The Labute approximate surface area is 127 Å². The molecule has 0 spiro atoms. The van der Waals surface area contributed by atoms with Crippen LogP contribution in [0.25, 0.3) is 0 Å². The van der Waals surface area contributed by atoms with Gasteiger partial charge < -0.3 is 10.1 Å². The third kappa shape index (κ3) is 4.21. The summed E-state index contributed by atoms with van der Waals surface area (Å²) in [6, 6.07) is 6.12. The molecule has 1 saturated heterocycles. The topological polar surface area (TPSA) is 21.3 Å². The fourth-order valence-electron chi connectivity index (χ4n) is 2.79. The Balaban J connectivity index is 2.14. The summed E-state index contributed by atoms with van der Waals surface area (Å²) in [4.78, 5) is 0. The fraction of sp³-hybridized carbons (Fsp3) is 0.647. The first kappa shape index (κ1) is 15.8. The van der Waals surface area contributed by atoms with Crippen LogP contribution in [0.2, 0.25) is 5.02 Å². The maximum Gasteiger partial charge on any atom is 0.0867 e. The quantitative estimate of drug-likeness (QED) is 0.886. The summed E-state index contributed by atoms with van der Waals surface area (Å²) in [5.41, 5.74) is 2.66. The summed E-state index contributed by atoms with van der Waals surface area (Å²) in [7, 11) is 0. The molecule has 2 atom stereocenters. The highest BCUT2D eigenvalue weighted by Crippen LogP contribution is 2.35. The molecule has 0 saturated carbocycles. The van der Waals surface area contributed by atoms with Crippen LogP contribution in [0, 0.1) is 12.8 Å². The number of hydrogen-bond donors (Lipinski definition) is 1. The van der Waals surface area contributed by atoms with Gasteiger partial charge in [0.1, 0.15) is 0 Å². The summed E-state index contributed by atoms with van der Waals surface area (Å²) in [5.74, 6) is 0.530. The Morgan fingerprint density at radius 3 is 2.75 bits per heavy atom. The van der Waals surface area contributed by atoms with Crippen LogP contribution in [0.4, 0.5) is 0 Å². The van der Waals surface area contributed by atoms with Gasteiger partial charge in [-0.3, -0.25) is 0 Å². The van der Waals surface area contributed by atoms with Crippen LogP contribution >= 0.6 is 11.6 Å². The van der Waals surface area contributed by atoms with Gasteiger partial charge in [-0.05, 0) is 63.8 Å². The van der Waals surface area contributed by atoms with Gasteiger partial charge in [-0.2, -0.15) is 0 Å². The van der Waals surface area contributed by atoms with Gasteiger partial charge in [-0.15, -0.1) is 0 Å². The van der Waals surface area contributed by atoms with Crippen molar-refractivity contribution in [2.75, 3.05) is 13.2 Å². The molecule has 112 valence electrons. The monoisotopic (exact) mass is 295 g/mol. The summed E-state index contributed by atoms with van der Waals surface area (Å²) in [5, 5.41) is 4.41. The van der Waals surface area contributed by atoms with Crippen molar-refractivity contribution in [3.8, 4) is 0 Å². The first-order valence-corrected chi connectivity index (χ1v) is 7.87. The highest BCUT2D eigenvalue weighted by Gasteiger charge is 2.29. The summed E-state index contributed by atoms with van der Waals surface area (Å²) < 4.78 is 6.08. The van der Waals surface area contributed by atoms with Crippen LogP contribution in [0.1, 0.15) is 50.8 Å². The number of hydrogen-bond acceptors (Lipinski definition) is 2. The van der Waals surface area contributed by atoms with Crippen LogP contribution in [0.5, 0.6) is 0 Å². The Morgan fingerprint density at radius 2 is 2.10 bits per heavy atom. The molecule has 0 aromatic heterocycles. The second kappa shape index (κ2) is 6.46. The van der Waals surface area contributed by atoms with E-state index in [1.165, 1.54) is 17.5 Å². The Kier molecular flexibility index (Phi) is 5.11.